The minimum Gasteiger partial charge on any atom is -0.497 e. The maximum atomic E-state index is 12.6. The standard InChI is InChI=1S/C19H21NO6/c1-11(12-5-7-14(24-2)8-6-12)18(21)20-15-9-13(19(22)23)10-16(25-3)17(15)26-4/h5-11H,1-4H3,(H,20,21)(H,22,23). The summed E-state index contributed by atoms with van der Waals surface area (Å²) in [4.78, 5) is 23.9. The molecule has 0 aromatic heterocycles. The number of carboxylic acids is 1. The molecule has 0 fully saturated rings. The van der Waals surface area contributed by atoms with Crippen LogP contribution in [-0.4, -0.2) is 38.3 Å². The van der Waals surface area contributed by atoms with E-state index in [0.29, 0.717) is 5.75 Å². The summed E-state index contributed by atoms with van der Waals surface area (Å²) >= 11 is 0. The van der Waals surface area contributed by atoms with Crippen LogP contribution >= 0.6 is 0 Å². The fourth-order valence-corrected chi connectivity index (χ4v) is 2.47. The molecule has 7 nitrogen and oxygen atoms in total. The lowest BCUT2D eigenvalue weighted by Gasteiger charge is -2.17. The molecular formula is C19H21NO6. The van der Waals surface area contributed by atoms with Gasteiger partial charge in [-0.25, -0.2) is 4.79 Å². The Balaban J connectivity index is 2.31. The van der Waals surface area contributed by atoms with Crippen LogP contribution in [0.3, 0.4) is 0 Å². The summed E-state index contributed by atoms with van der Waals surface area (Å²) in [6.45, 7) is 1.75. The quantitative estimate of drug-likeness (QED) is 0.789. The van der Waals surface area contributed by atoms with Gasteiger partial charge in [-0.2, -0.15) is 0 Å². The van der Waals surface area contributed by atoms with Crippen LogP contribution in [-0.2, 0) is 4.79 Å². The average molecular weight is 359 g/mol. The molecule has 2 aromatic rings. The maximum Gasteiger partial charge on any atom is 0.335 e. The van der Waals surface area contributed by atoms with Crippen molar-refractivity contribution in [2.75, 3.05) is 26.6 Å². The number of hydrogen-bond donors (Lipinski definition) is 2. The van der Waals surface area contributed by atoms with Crippen molar-refractivity contribution in [3.05, 3.63) is 47.5 Å². The van der Waals surface area contributed by atoms with Crippen LogP contribution < -0.4 is 19.5 Å². The lowest BCUT2D eigenvalue weighted by molar-refractivity contribution is -0.117. The molecular weight excluding hydrogens is 338 g/mol. The smallest absolute Gasteiger partial charge is 0.335 e. The number of methoxy groups -OCH3 is 3. The first-order valence-corrected chi connectivity index (χ1v) is 7.85. The normalized spacial score (nSPS) is 11.4. The molecule has 0 radical (unpaired) electrons. The lowest BCUT2D eigenvalue weighted by atomic mass is 10.00. The van der Waals surface area contributed by atoms with Crippen molar-refractivity contribution in [1.29, 1.82) is 0 Å². The second-order valence-corrected chi connectivity index (χ2v) is 5.55. The van der Waals surface area contributed by atoms with Gasteiger partial charge in [-0.1, -0.05) is 12.1 Å². The number of benzene rings is 2. The fraction of sp³-hybridized carbons (Fsp3) is 0.263. The molecule has 0 aliphatic rings. The van der Waals surface area contributed by atoms with Gasteiger partial charge in [-0.15, -0.1) is 0 Å². The number of carboxylic acid groups (broad SMARTS) is 1. The molecule has 0 bridgehead atoms. The zero-order chi connectivity index (χ0) is 19.3. The molecule has 2 rings (SSSR count). The minimum atomic E-state index is -1.13. The molecule has 2 aromatic carbocycles. The predicted molar refractivity (Wildman–Crippen MR) is 96.5 cm³/mol. The number of carbonyl (C=O) groups excluding carboxylic acids is 1. The molecule has 1 unspecified atom stereocenters. The maximum absolute atomic E-state index is 12.6. The van der Waals surface area contributed by atoms with E-state index in [9.17, 15) is 14.7 Å². The Bertz CT molecular complexity index is 800. The molecule has 0 heterocycles. The van der Waals surface area contributed by atoms with Crippen molar-refractivity contribution < 1.29 is 28.9 Å². The van der Waals surface area contributed by atoms with Crippen LogP contribution in [0.4, 0.5) is 5.69 Å². The summed E-state index contributed by atoms with van der Waals surface area (Å²) in [6, 6.07) is 9.82. The molecule has 0 aliphatic carbocycles. The van der Waals surface area contributed by atoms with Crippen molar-refractivity contribution >= 4 is 17.6 Å². The lowest BCUT2D eigenvalue weighted by Crippen LogP contribution is -2.19. The highest BCUT2D eigenvalue weighted by Gasteiger charge is 2.21. The van der Waals surface area contributed by atoms with E-state index in [1.807, 2.05) is 0 Å². The molecule has 2 N–H and O–H groups in total. The first-order chi connectivity index (χ1) is 12.4. The van der Waals surface area contributed by atoms with E-state index in [-0.39, 0.29) is 28.7 Å². The molecule has 1 atom stereocenters. The summed E-state index contributed by atoms with van der Waals surface area (Å²) in [7, 11) is 4.39. The summed E-state index contributed by atoms with van der Waals surface area (Å²) in [5.74, 6) is -0.734. The van der Waals surface area contributed by atoms with E-state index in [1.165, 1.54) is 26.4 Å². The van der Waals surface area contributed by atoms with E-state index < -0.39 is 11.9 Å². The Labute approximate surface area is 151 Å². The van der Waals surface area contributed by atoms with Gasteiger partial charge in [0.05, 0.1) is 38.5 Å². The van der Waals surface area contributed by atoms with Crippen molar-refractivity contribution in [1.82, 2.24) is 0 Å². The molecule has 0 saturated heterocycles. The summed E-state index contributed by atoms with van der Waals surface area (Å²) in [5, 5.41) is 12.0. The van der Waals surface area contributed by atoms with Gasteiger partial charge < -0.3 is 24.6 Å². The summed E-state index contributed by atoms with van der Waals surface area (Å²) in [6.07, 6.45) is 0. The zero-order valence-corrected chi connectivity index (χ0v) is 15.0. The molecule has 0 saturated carbocycles. The Morgan fingerprint density at radius 3 is 2.15 bits per heavy atom. The largest absolute Gasteiger partial charge is 0.497 e. The number of anilines is 1. The monoisotopic (exact) mass is 359 g/mol. The molecule has 0 aliphatic heterocycles. The third-order valence-corrected chi connectivity index (χ3v) is 3.99. The molecule has 7 heteroatoms. The number of rotatable bonds is 7. The van der Waals surface area contributed by atoms with Crippen LogP contribution in [0.15, 0.2) is 36.4 Å². The van der Waals surface area contributed by atoms with Crippen LogP contribution in [0.2, 0.25) is 0 Å². The van der Waals surface area contributed by atoms with Crippen molar-refractivity contribution in [2.24, 2.45) is 0 Å². The van der Waals surface area contributed by atoms with Crippen LogP contribution in [0, 0.1) is 0 Å². The molecule has 1 amide bonds. The first kappa shape index (κ1) is 19.1. The number of carbonyl (C=O) groups is 2. The average Bonchev–Trinajstić information content (AvgIpc) is 2.66. The highest BCUT2D eigenvalue weighted by molar-refractivity contribution is 5.99. The minimum absolute atomic E-state index is 0.0185. The van der Waals surface area contributed by atoms with Crippen LogP contribution in [0.1, 0.15) is 28.8 Å². The van der Waals surface area contributed by atoms with Crippen LogP contribution in [0.5, 0.6) is 17.2 Å². The van der Waals surface area contributed by atoms with E-state index in [0.717, 1.165) is 5.56 Å². The third kappa shape index (κ3) is 4.05. The Hall–Kier alpha value is -3.22. The third-order valence-electron chi connectivity index (χ3n) is 3.99. The van der Waals surface area contributed by atoms with Crippen molar-refractivity contribution in [3.8, 4) is 17.2 Å². The fourth-order valence-electron chi connectivity index (χ4n) is 2.47. The van der Waals surface area contributed by atoms with Gasteiger partial charge in [0.1, 0.15) is 5.75 Å². The Morgan fingerprint density at radius 2 is 1.65 bits per heavy atom. The van der Waals surface area contributed by atoms with Gasteiger partial charge >= 0.3 is 5.97 Å². The SMILES string of the molecule is COc1ccc(C(C)C(=O)Nc2cc(C(=O)O)cc(OC)c2OC)cc1. The number of hydrogen-bond acceptors (Lipinski definition) is 5. The Morgan fingerprint density at radius 1 is 1.00 bits per heavy atom. The van der Waals surface area contributed by atoms with Gasteiger partial charge in [0, 0.05) is 0 Å². The van der Waals surface area contributed by atoms with Crippen LogP contribution in [0.25, 0.3) is 0 Å². The van der Waals surface area contributed by atoms with E-state index in [4.69, 9.17) is 14.2 Å². The number of nitrogens with one attached hydrogen (secondary N) is 1. The topological polar surface area (TPSA) is 94.1 Å². The highest BCUT2D eigenvalue weighted by atomic mass is 16.5. The van der Waals surface area contributed by atoms with Gasteiger partial charge in [-0.05, 0) is 36.8 Å². The molecule has 0 spiro atoms. The number of amides is 1. The second-order valence-electron chi connectivity index (χ2n) is 5.55. The van der Waals surface area contributed by atoms with Gasteiger partial charge in [0.25, 0.3) is 0 Å². The van der Waals surface area contributed by atoms with Gasteiger partial charge in [0.15, 0.2) is 11.5 Å². The molecule has 26 heavy (non-hydrogen) atoms. The number of ether oxygens (including phenoxy) is 3. The van der Waals surface area contributed by atoms with Gasteiger partial charge in [-0.3, -0.25) is 4.79 Å². The van der Waals surface area contributed by atoms with E-state index in [1.54, 1.807) is 38.3 Å². The number of aromatic carboxylic acids is 1. The van der Waals surface area contributed by atoms with Crippen molar-refractivity contribution in [2.45, 2.75) is 12.8 Å². The zero-order valence-electron chi connectivity index (χ0n) is 15.0. The first-order valence-electron chi connectivity index (χ1n) is 7.85. The second kappa shape index (κ2) is 8.24. The highest BCUT2D eigenvalue weighted by Crippen LogP contribution is 2.37. The van der Waals surface area contributed by atoms with Crippen molar-refractivity contribution in [3.63, 3.8) is 0 Å². The molecule has 138 valence electrons. The Kier molecular flexibility index (Phi) is 6.06. The predicted octanol–water partition coefficient (Wildman–Crippen LogP) is 3.15. The van der Waals surface area contributed by atoms with Gasteiger partial charge in [0.2, 0.25) is 5.91 Å². The van der Waals surface area contributed by atoms with E-state index in [2.05, 4.69) is 5.32 Å². The summed E-state index contributed by atoms with van der Waals surface area (Å²) in [5.41, 5.74) is 1.01. The van der Waals surface area contributed by atoms with E-state index >= 15 is 0 Å². The summed E-state index contributed by atoms with van der Waals surface area (Å²) < 4.78 is 15.5.